The Hall–Kier alpha value is -7.16. The molecule has 0 saturated carbocycles. The molecule has 0 atom stereocenters. The molecular weight excluding hydrogens is 653 g/mol. The van der Waals surface area contributed by atoms with Crippen LogP contribution in [-0.2, 0) is 0 Å². The fourth-order valence-electron chi connectivity index (χ4n) is 6.75. The van der Waals surface area contributed by atoms with E-state index in [9.17, 15) is 0 Å². The van der Waals surface area contributed by atoms with Crippen LogP contribution in [0.5, 0.6) is 0 Å². The Labute approximate surface area is 317 Å². The topological polar surface area (TPSA) is 25.8 Å². The first-order valence-corrected chi connectivity index (χ1v) is 18.2. The molecule has 8 aromatic rings. The van der Waals surface area contributed by atoms with Gasteiger partial charge in [-0.15, -0.1) is 0 Å². The fourth-order valence-corrected chi connectivity index (χ4v) is 6.75. The molecule has 2 heterocycles. The molecule has 0 aliphatic rings. The van der Waals surface area contributed by atoms with E-state index in [1.54, 1.807) is 0 Å². The normalized spacial score (nSPS) is 12.1. The first-order valence-electron chi connectivity index (χ1n) is 18.2. The zero-order valence-corrected chi connectivity index (χ0v) is 29.8. The van der Waals surface area contributed by atoms with E-state index in [0.717, 1.165) is 33.4 Å². The van der Waals surface area contributed by atoms with Crippen molar-refractivity contribution in [3.63, 3.8) is 0 Å². The zero-order valence-electron chi connectivity index (χ0n) is 29.8. The Balaban J connectivity index is 1.03. The molecule has 0 aliphatic heterocycles. The van der Waals surface area contributed by atoms with Gasteiger partial charge in [0.25, 0.3) is 0 Å². The number of fused-ring (bicyclic) bond motifs is 1. The maximum Gasteiger partial charge on any atom is 0.0273 e. The average Bonchev–Trinajstić information content (AvgIpc) is 3.25. The molecule has 2 aromatic heterocycles. The van der Waals surface area contributed by atoms with E-state index in [4.69, 9.17) is 0 Å². The number of hydrogen-bond donors (Lipinski definition) is 0. The van der Waals surface area contributed by atoms with E-state index in [1.165, 1.54) is 44.2 Å². The number of pyridine rings is 2. The Morgan fingerprint density at radius 1 is 0.315 bits per heavy atom. The van der Waals surface area contributed by atoms with Gasteiger partial charge in [0.15, 0.2) is 0 Å². The highest BCUT2D eigenvalue weighted by Crippen LogP contribution is 2.29. The van der Waals surface area contributed by atoms with Crippen molar-refractivity contribution >= 4 is 58.4 Å². The number of rotatable bonds is 10. The molecule has 256 valence electrons. The van der Waals surface area contributed by atoms with Crippen LogP contribution in [0, 0.1) is 0 Å². The van der Waals surface area contributed by atoms with E-state index in [2.05, 4.69) is 216 Å². The van der Waals surface area contributed by atoms with Gasteiger partial charge in [0.05, 0.1) is 0 Å². The third kappa shape index (κ3) is 8.15. The van der Waals surface area contributed by atoms with Gasteiger partial charge >= 0.3 is 0 Å². The smallest absolute Gasteiger partial charge is 0.0273 e. The molecule has 2 nitrogen and oxygen atoms in total. The highest BCUT2D eigenvalue weighted by molar-refractivity contribution is 6.00. The van der Waals surface area contributed by atoms with E-state index >= 15 is 0 Å². The van der Waals surface area contributed by atoms with E-state index < -0.39 is 0 Å². The summed E-state index contributed by atoms with van der Waals surface area (Å²) >= 11 is 0. The van der Waals surface area contributed by atoms with Crippen LogP contribution in [0.4, 0.5) is 0 Å². The third-order valence-electron chi connectivity index (χ3n) is 9.53. The lowest BCUT2D eigenvalue weighted by molar-refractivity contribution is 1.32. The molecule has 0 unspecified atom stereocenters. The summed E-state index contributed by atoms with van der Waals surface area (Å²) in [5.74, 6) is 0. The Kier molecular flexibility index (Phi) is 10.3. The van der Waals surface area contributed by atoms with Crippen LogP contribution in [0.25, 0.3) is 58.4 Å². The number of nitrogens with zero attached hydrogens (tertiary/aromatic N) is 2. The molecule has 0 amide bonds. The highest BCUT2D eigenvalue weighted by Gasteiger charge is 2.07. The molecule has 0 spiro atoms. The summed E-state index contributed by atoms with van der Waals surface area (Å²) in [4.78, 5) is 8.44. The van der Waals surface area contributed by atoms with Crippen LogP contribution < -0.4 is 0 Å². The highest BCUT2D eigenvalue weighted by atomic mass is 14.6. The van der Waals surface area contributed by atoms with E-state index in [1.807, 2.05) is 24.8 Å². The minimum atomic E-state index is 1.14. The van der Waals surface area contributed by atoms with Gasteiger partial charge in [-0.3, -0.25) is 9.97 Å². The summed E-state index contributed by atoms with van der Waals surface area (Å²) in [6, 6.07) is 59.8. The fraction of sp³-hybridized carbons (Fsp3) is 0. The van der Waals surface area contributed by atoms with Crippen molar-refractivity contribution in [1.82, 2.24) is 9.97 Å². The second-order valence-electron chi connectivity index (χ2n) is 13.1. The Morgan fingerprint density at radius 2 is 0.685 bits per heavy atom. The SMILES string of the molecule is C(=Cc1cccc2cccc(C=Cc3ccc(C=C(c4ccccc4)c4ccncc4)cc3)c12)c1ccc(C=C(c2ccccc2)c2ccncc2)cc1. The van der Waals surface area contributed by atoms with Gasteiger partial charge < -0.3 is 0 Å². The van der Waals surface area contributed by atoms with Gasteiger partial charge in [0, 0.05) is 24.8 Å². The molecule has 8 rings (SSSR count). The molecule has 54 heavy (non-hydrogen) atoms. The minimum Gasteiger partial charge on any atom is -0.265 e. The van der Waals surface area contributed by atoms with E-state index in [-0.39, 0.29) is 0 Å². The lowest BCUT2D eigenvalue weighted by Gasteiger charge is -2.09. The second kappa shape index (κ2) is 16.5. The zero-order chi connectivity index (χ0) is 36.4. The van der Waals surface area contributed by atoms with Gasteiger partial charge in [-0.2, -0.15) is 0 Å². The van der Waals surface area contributed by atoms with Crippen LogP contribution in [0.2, 0.25) is 0 Å². The maximum absolute atomic E-state index is 4.22. The van der Waals surface area contributed by atoms with Crippen molar-refractivity contribution < 1.29 is 0 Å². The molecule has 0 saturated heterocycles. The third-order valence-corrected chi connectivity index (χ3v) is 9.53. The summed E-state index contributed by atoms with van der Waals surface area (Å²) in [5.41, 5.74) is 13.9. The van der Waals surface area contributed by atoms with Gasteiger partial charge in [0.2, 0.25) is 0 Å². The number of benzene rings is 6. The van der Waals surface area contributed by atoms with Crippen LogP contribution in [0.1, 0.15) is 55.6 Å². The molecule has 0 fully saturated rings. The van der Waals surface area contributed by atoms with Gasteiger partial charge in [0.1, 0.15) is 0 Å². The van der Waals surface area contributed by atoms with Crippen molar-refractivity contribution in [3.8, 4) is 0 Å². The van der Waals surface area contributed by atoms with Crippen LogP contribution >= 0.6 is 0 Å². The molecule has 6 aromatic carbocycles. The predicted molar refractivity (Wildman–Crippen MR) is 230 cm³/mol. The molecular formula is C52H38N2. The average molecular weight is 691 g/mol. The van der Waals surface area contributed by atoms with Gasteiger partial charge in [-0.05, 0) is 114 Å². The lowest BCUT2D eigenvalue weighted by Crippen LogP contribution is -1.89. The number of aromatic nitrogens is 2. The molecule has 0 bridgehead atoms. The number of hydrogen-bond acceptors (Lipinski definition) is 2. The molecule has 0 aliphatic carbocycles. The van der Waals surface area contributed by atoms with Crippen LogP contribution in [-0.4, -0.2) is 9.97 Å². The van der Waals surface area contributed by atoms with Gasteiger partial charge in [-0.1, -0.05) is 170 Å². The summed E-state index contributed by atoms with van der Waals surface area (Å²) in [7, 11) is 0. The first-order chi connectivity index (χ1) is 26.8. The lowest BCUT2D eigenvalue weighted by atomic mass is 9.95. The summed E-state index contributed by atoms with van der Waals surface area (Å²) in [6.45, 7) is 0. The van der Waals surface area contributed by atoms with Crippen molar-refractivity contribution in [2.75, 3.05) is 0 Å². The van der Waals surface area contributed by atoms with Crippen molar-refractivity contribution in [2.45, 2.75) is 0 Å². The summed E-state index contributed by atoms with van der Waals surface area (Å²) in [6.07, 6.45) is 20.7. The van der Waals surface area contributed by atoms with Crippen molar-refractivity contribution in [2.24, 2.45) is 0 Å². The molecule has 0 N–H and O–H groups in total. The van der Waals surface area contributed by atoms with Crippen LogP contribution in [0.3, 0.4) is 0 Å². The van der Waals surface area contributed by atoms with E-state index in [0.29, 0.717) is 0 Å². The largest absolute Gasteiger partial charge is 0.265 e. The molecule has 2 heteroatoms. The first kappa shape index (κ1) is 34.0. The quantitative estimate of drug-likeness (QED) is 0.134. The molecule has 0 radical (unpaired) electrons. The summed E-state index contributed by atoms with van der Waals surface area (Å²) < 4.78 is 0. The predicted octanol–water partition coefficient (Wildman–Crippen LogP) is 13.1. The standard InChI is InChI=1S/C52H38N2/c1-3-9-43(10-4-1)50(45-29-33-53-34-30-45)37-41-21-17-39(18-22-41)25-27-48-15-7-13-47-14-8-16-49(52(47)48)28-26-40-19-23-42(24-20-40)38-51(44-11-5-2-6-12-44)46-31-35-54-36-32-46/h1-38H. The maximum atomic E-state index is 4.22. The Bertz CT molecular complexity index is 2320. The second-order valence-corrected chi connectivity index (χ2v) is 13.1. The monoisotopic (exact) mass is 690 g/mol. The van der Waals surface area contributed by atoms with Crippen molar-refractivity contribution in [1.29, 1.82) is 0 Å². The Morgan fingerprint density at radius 3 is 1.09 bits per heavy atom. The minimum absolute atomic E-state index is 1.14. The van der Waals surface area contributed by atoms with Gasteiger partial charge in [-0.25, -0.2) is 0 Å². The van der Waals surface area contributed by atoms with Crippen molar-refractivity contribution in [3.05, 3.63) is 250 Å². The summed E-state index contributed by atoms with van der Waals surface area (Å²) in [5, 5.41) is 2.45. The van der Waals surface area contributed by atoms with Crippen LogP contribution in [0.15, 0.2) is 195 Å².